The van der Waals surface area contributed by atoms with E-state index in [4.69, 9.17) is 4.42 Å². The van der Waals surface area contributed by atoms with E-state index in [-0.39, 0.29) is 22.6 Å². The first kappa shape index (κ1) is 28.0. The minimum absolute atomic E-state index is 0.160. The van der Waals surface area contributed by atoms with Gasteiger partial charge in [0.15, 0.2) is 11.6 Å². The lowest BCUT2D eigenvalue weighted by Crippen LogP contribution is -2.44. The normalized spacial score (nSPS) is 18.9. The van der Waals surface area contributed by atoms with E-state index in [2.05, 4.69) is 24.5 Å². The second-order valence-corrected chi connectivity index (χ2v) is 12.7. The Kier molecular flexibility index (Phi) is 8.88. The molecule has 2 saturated carbocycles. The second kappa shape index (κ2) is 12.3. The van der Waals surface area contributed by atoms with Crippen molar-refractivity contribution in [3.63, 3.8) is 0 Å². The van der Waals surface area contributed by atoms with Gasteiger partial charge in [0.25, 0.3) is 0 Å². The van der Waals surface area contributed by atoms with Gasteiger partial charge in [0, 0.05) is 45.8 Å². The van der Waals surface area contributed by atoms with Crippen molar-refractivity contribution in [1.82, 2.24) is 10.6 Å². The van der Waals surface area contributed by atoms with Crippen LogP contribution in [0.2, 0.25) is 0 Å². The molecule has 0 radical (unpaired) electrons. The summed E-state index contributed by atoms with van der Waals surface area (Å²) in [6.07, 6.45) is 15.5. The molecule has 210 valence electrons. The molecule has 2 fully saturated rings. The molecule has 2 aliphatic carbocycles. The smallest absolute Gasteiger partial charge is 0.162 e. The molecule has 0 amide bonds. The first-order valence-corrected chi connectivity index (χ1v) is 15.4. The van der Waals surface area contributed by atoms with Gasteiger partial charge in [-0.05, 0) is 102 Å². The van der Waals surface area contributed by atoms with Gasteiger partial charge in [-0.1, -0.05) is 38.5 Å². The van der Waals surface area contributed by atoms with Gasteiger partial charge >= 0.3 is 0 Å². The first-order chi connectivity index (χ1) is 18.8. The van der Waals surface area contributed by atoms with Gasteiger partial charge < -0.3 is 15.1 Å². The van der Waals surface area contributed by atoms with Crippen LogP contribution in [0.4, 0.5) is 0 Å². The summed E-state index contributed by atoms with van der Waals surface area (Å²) in [4.78, 5) is 26.0. The number of furan rings is 1. The lowest BCUT2D eigenvalue weighted by molar-refractivity contribution is 0.0970. The van der Waals surface area contributed by atoms with Crippen molar-refractivity contribution in [3.05, 3.63) is 47.5 Å². The number of carbonyl (C=O) groups excluding carboxylic acids is 2. The minimum Gasteiger partial charge on any atom is -0.456 e. The molecule has 5 heteroatoms. The maximum Gasteiger partial charge on any atom is 0.162 e. The molecule has 2 N–H and O–H groups in total. The van der Waals surface area contributed by atoms with Crippen molar-refractivity contribution in [2.24, 2.45) is 0 Å². The molecule has 3 aromatic rings. The van der Waals surface area contributed by atoms with Crippen LogP contribution >= 0.6 is 0 Å². The number of benzene rings is 2. The second-order valence-electron chi connectivity index (χ2n) is 12.7. The third kappa shape index (κ3) is 6.99. The first-order valence-electron chi connectivity index (χ1n) is 15.4. The molecule has 1 aromatic heterocycles. The van der Waals surface area contributed by atoms with Crippen LogP contribution in [0.15, 0.2) is 40.8 Å². The number of Topliss-reactive ketones (excluding diaryl/α,β-unsaturated/α-hetero) is 2. The van der Waals surface area contributed by atoms with Gasteiger partial charge in [0.05, 0.1) is 0 Å². The number of carbonyl (C=O) groups is 2. The Bertz CT molecular complexity index is 1200. The van der Waals surface area contributed by atoms with E-state index < -0.39 is 0 Å². The van der Waals surface area contributed by atoms with E-state index in [1.807, 2.05) is 36.4 Å². The summed E-state index contributed by atoms with van der Waals surface area (Å²) in [7, 11) is 0. The van der Waals surface area contributed by atoms with E-state index in [9.17, 15) is 9.59 Å². The van der Waals surface area contributed by atoms with Crippen molar-refractivity contribution in [2.75, 3.05) is 13.1 Å². The lowest BCUT2D eigenvalue weighted by Gasteiger charge is -2.34. The van der Waals surface area contributed by atoms with Crippen LogP contribution in [0.5, 0.6) is 0 Å². The van der Waals surface area contributed by atoms with Gasteiger partial charge in [0.1, 0.15) is 11.2 Å². The fourth-order valence-electron chi connectivity index (χ4n) is 6.71. The SMILES string of the molecule is CC1(NCCCC(=O)c2ccc3oc4ccc(C(=O)CCCNC5(C)CCCCC5)cc4c3c2)CCCCC1. The Morgan fingerprint density at radius 2 is 1.08 bits per heavy atom. The summed E-state index contributed by atoms with van der Waals surface area (Å²) >= 11 is 0. The van der Waals surface area contributed by atoms with Crippen LogP contribution in [-0.2, 0) is 0 Å². The van der Waals surface area contributed by atoms with E-state index in [1.54, 1.807) is 0 Å². The molecule has 0 atom stereocenters. The summed E-state index contributed by atoms with van der Waals surface area (Å²) in [6.45, 7) is 6.39. The average molecular weight is 531 g/mol. The maximum absolute atomic E-state index is 13.0. The summed E-state index contributed by atoms with van der Waals surface area (Å²) in [5, 5.41) is 9.22. The van der Waals surface area contributed by atoms with Crippen LogP contribution in [0.1, 0.15) is 124 Å². The monoisotopic (exact) mass is 530 g/mol. The fourth-order valence-corrected chi connectivity index (χ4v) is 6.71. The average Bonchev–Trinajstić information content (AvgIpc) is 3.31. The van der Waals surface area contributed by atoms with Gasteiger partial charge in [0.2, 0.25) is 0 Å². The summed E-state index contributed by atoms with van der Waals surface area (Å²) < 4.78 is 6.03. The number of nitrogens with one attached hydrogen (secondary N) is 2. The van der Waals surface area contributed by atoms with Gasteiger partial charge in [-0.2, -0.15) is 0 Å². The third-order valence-corrected chi connectivity index (χ3v) is 9.29. The predicted octanol–water partition coefficient (Wildman–Crippen LogP) is 8.14. The quantitative estimate of drug-likeness (QED) is 0.183. The number of fused-ring (bicyclic) bond motifs is 3. The Labute approximate surface area is 233 Å². The summed E-state index contributed by atoms with van der Waals surface area (Å²) in [5.41, 5.74) is 3.40. The zero-order valence-electron chi connectivity index (χ0n) is 24.0. The lowest BCUT2D eigenvalue weighted by atomic mass is 9.83. The highest BCUT2D eigenvalue weighted by Crippen LogP contribution is 2.32. The van der Waals surface area contributed by atoms with Gasteiger partial charge in [-0.15, -0.1) is 0 Å². The standard InChI is InChI=1S/C34H46N2O3/c1-33(17-5-3-6-18-33)35-21-9-11-29(37)25-13-15-31-27(23-25)28-24-26(14-16-32(28)39-31)30(38)12-10-22-36-34(2)19-7-4-8-20-34/h13-16,23-24,35-36H,3-12,17-22H2,1-2H3. The Morgan fingerprint density at radius 1 is 0.667 bits per heavy atom. The molecule has 2 aromatic carbocycles. The molecular weight excluding hydrogens is 484 g/mol. The highest BCUT2D eigenvalue weighted by Gasteiger charge is 2.26. The maximum atomic E-state index is 13.0. The minimum atomic E-state index is 0.160. The van der Waals surface area contributed by atoms with Gasteiger partial charge in [-0.3, -0.25) is 9.59 Å². The van der Waals surface area contributed by atoms with Crippen LogP contribution in [0.25, 0.3) is 21.9 Å². The molecule has 0 unspecified atom stereocenters. The third-order valence-electron chi connectivity index (χ3n) is 9.29. The number of rotatable bonds is 12. The molecule has 5 rings (SSSR count). The van der Waals surface area contributed by atoms with Gasteiger partial charge in [-0.25, -0.2) is 0 Å². The van der Waals surface area contributed by atoms with E-state index in [0.717, 1.165) is 47.9 Å². The van der Waals surface area contributed by atoms with Crippen LogP contribution < -0.4 is 10.6 Å². The topological polar surface area (TPSA) is 71.3 Å². The zero-order valence-corrected chi connectivity index (χ0v) is 24.0. The number of ketones is 2. The summed E-state index contributed by atoms with van der Waals surface area (Å²) in [5.74, 6) is 0.321. The van der Waals surface area contributed by atoms with Crippen LogP contribution in [-0.4, -0.2) is 35.7 Å². The molecule has 2 aliphatic rings. The molecule has 0 aliphatic heterocycles. The fraction of sp³-hybridized carbons (Fsp3) is 0.588. The molecule has 0 spiro atoms. The Morgan fingerprint density at radius 3 is 1.49 bits per heavy atom. The highest BCUT2D eigenvalue weighted by molar-refractivity contribution is 6.10. The van der Waals surface area contributed by atoms with Crippen molar-refractivity contribution in [1.29, 1.82) is 0 Å². The molecular formula is C34H46N2O3. The molecule has 5 nitrogen and oxygen atoms in total. The van der Waals surface area contributed by atoms with Crippen molar-refractivity contribution < 1.29 is 14.0 Å². The van der Waals surface area contributed by atoms with Crippen molar-refractivity contribution in [3.8, 4) is 0 Å². The number of hydrogen-bond donors (Lipinski definition) is 2. The van der Waals surface area contributed by atoms with Crippen molar-refractivity contribution in [2.45, 2.75) is 115 Å². The molecule has 0 saturated heterocycles. The summed E-state index contributed by atoms with van der Waals surface area (Å²) in [6, 6.07) is 11.4. The molecule has 1 heterocycles. The van der Waals surface area contributed by atoms with E-state index in [1.165, 1.54) is 64.2 Å². The van der Waals surface area contributed by atoms with Crippen LogP contribution in [0, 0.1) is 0 Å². The van der Waals surface area contributed by atoms with E-state index >= 15 is 0 Å². The largest absolute Gasteiger partial charge is 0.456 e. The predicted molar refractivity (Wildman–Crippen MR) is 160 cm³/mol. The highest BCUT2D eigenvalue weighted by atomic mass is 16.3. The Hall–Kier alpha value is -2.50. The zero-order chi connectivity index (χ0) is 27.3. The van der Waals surface area contributed by atoms with Crippen molar-refractivity contribution >= 4 is 33.5 Å². The van der Waals surface area contributed by atoms with E-state index in [0.29, 0.717) is 24.0 Å². The Balaban J connectivity index is 1.18. The van der Waals surface area contributed by atoms with Crippen LogP contribution in [0.3, 0.4) is 0 Å². The molecule has 39 heavy (non-hydrogen) atoms. The molecule has 0 bridgehead atoms. The number of hydrogen-bond acceptors (Lipinski definition) is 5.